The SMILES string of the molecule is COc1cc(OC)nc(N2CCCC3(CCC(=O)N3C)CC2)n1.O=C(O)C(F)(F)F. The topological polar surface area (TPSA) is 105 Å². The van der Waals surface area contributed by atoms with Crippen LogP contribution >= 0.6 is 0 Å². The van der Waals surface area contributed by atoms with Crippen molar-refractivity contribution in [1.82, 2.24) is 14.9 Å². The highest BCUT2D eigenvalue weighted by Gasteiger charge is 2.43. The fraction of sp³-hybridized carbons (Fsp3) is 0.667. The van der Waals surface area contributed by atoms with Crippen LogP contribution < -0.4 is 14.4 Å². The van der Waals surface area contributed by atoms with E-state index in [2.05, 4.69) is 14.9 Å². The Hall–Kier alpha value is -2.79. The smallest absolute Gasteiger partial charge is 0.481 e. The summed E-state index contributed by atoms with van der Waals surface area (Å²) in [6.45, 7) is 1.70. The maximum absolute atomic E-state index is 11.9. The highest BCUT2D eigenvalue weighted by Crippen LogP contribution is 2.38. The number of hydrogen-bond donors (Lipinski definition) is 1. The minimum Gasteiger partial charge on any atom is -0.481 e. The first kappa shape index (κ1) is 23.5. The molecule has 30 heavy (non-hydrogen) atoms. The molecule has 1 aromatic heterocycles. The predicted octanol–water partition coefficient (Wildman–Crippen LogP) is 2.11. The number of methoxy groups -OCH3 is 2. The molecule has 9 nitrogen and oxygen atoms in total. The first-order valence-electron chi connectivity index (χ1n) is 9.31. The van der Waals surface area contributed by atoms with Gasteiger partial charge in [-0.25, -0.2) is 4.79 Å². The summed E-state index contributed by atoms with van der Waals surface area (Å²) < 4.78 is 42.2. The summed E-state index contributed by atoms with van der Waals surface area (Å²) in [6.07, 6.45) is -0.468. The van der Waals surface area contributed by atoms with Gasteiger partial charge in [-0.15, -0.1) is 0 Å². The molecule has 1 spiro atoms. The summed E-state index contributed by atoms with van der Waals surface area (Å²) in [6, 6.07) is 1.67. The number of carbonyl (C=O) groups is 2. The molecule has 168 valence electrons. The van der Waals surface area contributed by atoms with E-state index in [1.54, 1.807) is 20.3 Å². The Morgan fingerprint density at radius 3 is 2.13 bits per heavy atom. The van der Waals surface area contributed by atoms with Crippen molar-refractivity contribution in [3.05, 3.63) is 6.07 Å². The normalized spacial score (nSPS) is 21.7. The van der Waals surface area contributed by atoms with Gasteiger partial charge in [-0.05, 0) is 25.7 Å². The van der Waals surface area contributed by atoms with Crippen molar-refractivity contribution < 1.29 is 37.3 Å². The number of carbonyl (C=O) groups excluding carboxylic acids is 1. The van der Waals surface area contributed by atoms with E-state index in [1.807, 2.05) is 11.9 Å². The summed E-state index contributed by atoms with van der Waals surface area (Å²) in [5, 5.41) is 7.12. The predicted molar refractivity (Wildman–Crippen MR) is 99.6 cm³/mol. The lowest BCUT2D eigenvalue weighted by Gasteiger charge is -2.35. The molecule has 2 saturated heterocycles. The maximum atomic E-state index is 11.9. The molecule has 0 bridgehead atoms. The van der Waals surface area contributed by atoms with Gasteiger partial charge in [-0.2, -0.15) is 23.1 Å². The lowest BCUT2D eigenvalue weighted by molar-refractivity contribution is -0.192. The summed E-state index contributed by atoms with van der Waals surface area (Å²) in [5.41, 5.74) is 0.00872. The van der Waals surface area contributed by atoms with Gasteiger partial charge in [-0.1, -0.05) is 0 Å². The summed E-state index contributed by atoms with van der Waals surface area (Å²) >= 11 is 0. The lowest BCUT2D eigenvalue weighted by atomic mass is 9.88. The zero-order valence-corrected chi connectivity index (χ0v) is 17.0. The molecule has 3 rings (SSSR count). The zero-order valence-electron chi connectivity index (χ0n) is 17.0. The van der Waals surface area contributed by atoms with Crippen molar-refractivity contribution in [2.45, 2.75) is 43.8 Å². The molecule has 0 radical (unpaired) electrons. The van der Waals surface area contributed by atoms with Crippen molar-refractivity contribution in [2.75, 3.05) is 39.3 Å². The van der Waals surface area contributed by atoms with Gasteiger partial charge in [0, 0.05) is 32.1 Å². The molecule has 2 fully saturated rings. The third kappa shape index (κ3) is 5.42. The van der Waals surface area contributed by atoms with Crippen LogP contribution in [0.25, 0.3) is 0 Å². The van der Waals surface area contributed by atoms with Gasteiger partial charge in [0.05, 0.1) is 20.3 Å². The summed E-state index contributed by atoms with van der Waals surface area (Å²) in [4.78, 5) is 33.8. The number of aromatic nitrogens is 2. The van der Waals surface area contributed by atoms with Crippen molar-refractivity contribution in [2.24, 2.45) is 0 Å². The molecule has 0 aromatic carbocycles. The average molecular weight is 434 g/mol. The first-order valence-corrected chi connectivity index (χ1v) is 9.31. The number of amides is 1. The second-order valence-electron chi connectivity index (χ2n) is 7.07. The number of carboxylic acids is 1. The van der Waals surface area contributed by atoms with Gasteiger partial charge in [-0.3, -0.25) is 4.79 Å². The molecule has 1 amide bonds. The number of alkyl halides is 3. The van der Waals surface area contributed by atoms with Crippen LogP contribution in [0, 0.1) is 0 Å². The Balaban J connectivity index is 0.000000396. The van der Waals surface area contributed by atoms with Crippen LogP contribution in [0.4, 0.5) is 19.1 Å². The van der Waals surface area contributed by atoms with Crippen LogP contribution in [0.15, 0.2) is 6.07 Å². The Kier molecular flexibility index (Phi) is 7.32. The molecule has 1 aromatic rings. The Bertz CT molecular complexity index is 754. The molecular formula is C18H25F3N4O5. The third-order valence-corrected chi connectivity index (χ3v) is 5.42. The standard InChI is InChI=1S/C16H24N4O3.C2HF3O2/c1-19-14(21)5-7-16(19)6-4-9-20(10-8-16)15-17-12(22-2)11-13(18-15)23-3;3-2(4,5)1(6)7/h11H,4-10H2,1-3H3;(H,6,7). The fourth-order valence-electron chi connectivity index (χ4n) is 3.65. The second-order valence-corrected chi connectivity index (χ2v) is 7.07. The molecule has 1 atom stereocenters. The van der Waals surface area contributed by atoms with Crippen LogP contribution in [-0.4, -0.2) is 77.9 Å². The zero-order chi connectivity index (χ0) is 22.5. The molecule has 0 aliphatic carbocycles. The van der Waals surface area contributed by atoms with E-state index in [1.165, 1.54) is 0 Å². The van der Waals surface area contributed by atoms with Gasteiger partial charge in [0.25, 0.3) is 0 Å². The molecule has 12 heteroatoms. The Morgan fingerprint density at radius 2 is 1.70 bits per heavy atom. The van der Waals surface area contributed by atoms with E-state index in [-0.39, 0.29) is 11.4 Å². The average Bonchev–Trinajstić information content (AvgIpc) is 2.88. The summed E-state index contributed by atoms with van der Waals surface area (Å²) in [5.74, 6) is -0.867. The number of carboxylic acid groups (broad SMARTS) is 1. The molecule has 1 unspecified atom stereocenters. The van der Waals surface area contributed by atoms with E-state index in [9.17, 15) is 18.0 Å². The highest BCUT2D eigenvalue weighted by molar-refractivity contribution is 5.79. The van der Waals surface area contributed by atoms with Crippen molar-refractivity contribution in [3.8, 4) is 11.8 Å². The molecule has 3 heterocycles. The minimum absolute atomic E-state index is 0.00872. The van der Waals surface area contributed by atoms with E-state index in [0.29, 0.717) is 24.1 Å². The number of anilines is 1. The van der Waals surface area contributed by atoms with E-state index in [4.69, 9.17) is 19.4 Å². The van der Waals surface area contributed by atoms with E-state index >= 15 is 0 Å². The summed E-state index contributed by atoms with van der Waals surface area (Å²) in [7, 11) is 5.11. The van der Waals surface area contributed by atoms with Gasteiger partial charge >= 0.3 is 12.1 Å². The van der Waals surface area contributed by atoms with Crippen molar-refractivity contribution >= 4 is 17.8 Å². The molecule has 1 N–H and O–H groups in total. The number of rotatable bonds is 3. The quantitative estimate of drug-likeness (QED) is 0.771. The van der Waals surface area contributed by atoms with Crippen LogP contribution in [0.2, 0.25) is 0 Å². The minimum atomic E-state index is -5.08. The monoisotopic (exact) mass is 434 g/mol. The Labute approximate surface area is 171 Å². The van der Waals surface area contributed by atoms with Gasteiger partial charge in [0.15, 0.2) is 0 Å². The number of halogens is 3. The maximum Gasteiger partial charge on any atom is 0.490 e. The van der Waals surface area contributed by atoms with Crippen LogP contribution in [-0.2, 0) is 9.59 Å². The number of hydrogen-bond acceptors (Lipinski definition) is 7. The number of nitrogens with zero attached hydrogens (tertiary/aromatic N) is 4. The van der Waals surface area contributed by atoms with Crippen LogP contribution in [0.5, 0.6) is 11.8 Å². The van der Waals surface area contributed by atoms with Gasteiger partial charge in [0.2, 0.25) is 23.6 Å². The highest BCUT2D eigenvalue weighted by atomic mass is 19.4. The number of ether oxygens (including phenoxy) is 2. The van der Waals surface area contributed by atoms with Gasteiger partial charge < -0.3 is 24.4 Å². The molecule has 0 saturated carbocycles. The van der Waals surface area contributed by atoms with Crippen molar-refractivity contribution in [3.63, 3.8) is 0 Å². The Morgan fingerprint density at radius 1 is 1.13 bits per heavy atom. The van der Waals surface area contributed by atoms with Gasteiger partial charge in [0.1, 0.15) is 0 Å². The molecule has 2 aliphatic heterocycles. The van der Waals surface area contributed by atoms with Crippen molar-refractivity contribution in [1.29, 1.82) is 0 Å². The lowest BCUT2D eigenvalue weighted by Crippen LogP contribution is -2.43. The fourth-order valence-corrected chi connectivity index (χ4v) is 3.65. The van der Waals surface area contributed by atoms with Crippen LogP contribution in [0.3, 0.4) is 0 Å². The van der Waals surface area contributed by atoms with E-state index in [0.717, 1.165) is 38.8 Å². The van der Waals surface area contributed by atoms with E-state index < -0.39 is 12.1 Å². The number of likely N-dealkylation sites (tertiary alicyclic amines) is 1. The third-order valence-electron chi connectivity index (χ3n) is 5.42. The second kappa shape index (κ2) is 9.35. The number of aliphatic carboxylic acids is 1. The molecular weight excluding hydrogens is 409 g/mol. The van der Waals surface area contributed by atoms with Crippen LogP contribution in [0.1, 0.15) is 32.1 Å². The first-order chi connectivity index (χ1) is 14.0. The molecule has 2 aliphatic rings. The largest absolute Gasteiger partial charge is 0.490 e.